The molecule has 0 radical (unpaired) electrons. The summed E-state index contributed by atoms with van der Waals surface area (Å²) in [5, 5.41) is 9.80. The molecule has 0 spiro atoms. The van der Waals surface area contributed by atoms with Crippen molar-refractivity contribution in [2.24, 2.45) is 0 Å². The fourth-order valence-electron chi connectivity index (χ4n) is 8.60. The van der Waals surface area contributed by atoms with Gasteiger partial charge in [-0.1, -0.05) is 109 Å². The highest BCUT2D eigenvalue weighted by Gasteiger charge is 2.26. The lowest BCUT2D eigenvalue weighted by molar-refractivity contribution is 0.669. The number of para-hydroxylation sites is 3. The van der Waals surface area contributed by atoms with Gasteiger partial charge in [0.25, 0.3) is 0 Å². The van der Waals surface area contributed by atoms with Crippen LogP contribution in [0, 0.1) is 0 Å². The van der Waals surface area contributed by atoms with E-state index in [9.17, 15) is 0 Å². The van der Waals surface area contributed by atoms with Gasteiger partial charge in [0.05, 0.1) is 11.4 Å². The first-order valence-electron chi connectivity index (χ1n) is 19.2. The second kappa shape index (κ2) is 12.8. The van der Waals surface area contributed by atoms with E-state index in [-0.39, 0.29) is 0 Å². The van der Waals surface area contributed by atoms with Crippen molar-refractivity contribution in [3.63, 3.8) is 0 Å². The molecule has 5 heteroatoms. The van der Waals surface area contributed by atoms with Crippen LogP contribution >= 0.6 is 22.7 Å². The third-order valence-corrected chi connectivity index (χ3v) is 13.6. The third-order valence-electron chi connectivity index (χ3n) is 11.2. The van der Waals surface area contributed by atoms with E-state index in [0.29, 0.717) is 0 Å². The fourth-order valence-corrected chi connectivity index (χ4v) is 10.9. The van der Waals surface area contributed by atoms with Gasteiger partial charge in [-0.05, 0) is 95.7 Å². The summed E-state index contributed by atoms with van der Waals surface area (Å²) in [5.41, 5.74) is 8.25. The van der Waals surface area contributed by atoms with E-state index < -0.39 is 0 Å². The number of hydrogen-bond acceptors (Lipinski definition) is 5. The summed E-state index contributed by atoms with van der Waals surface area (Å²) in [7, 11) is 0. The molecule has 0 bridgehead atoms. The Morgan fingerprint density at radius 3 is 1.68 bits per heavy atom. The molecular formula is C52H32N2OS2. The highest BCUT2D eigenvalue weighted by Crippen LogP contribution is 2.51. The monoisotopic (exact) mass is 764 g/mol. The smallest absolute Gasteiger partial charge is 0.135 e. The van der Waals surface area contributed by atoms with Crippen LogP contribution in [-0.4, -0.2) is 0 Å². The maximum atomic E-state index is 6.34. The van der Waals surface area contributed by atoms with Crippen LogP contribution in [0.4, 0.5) is 34.1 Å². The van der Waals surface area contributed by atoms with Crippen molar-refractivity contribution in [2.75, 3.05) is 9.80 Å². The van der Waals surface area contributed by atoms with Crippen LogP contribution in [0.2, 0.25) is 0 Å². The predicted molar refractivity (Wildman–Crippen MR) is 246 cm³/mol. The highest BCUT2D eigenvalue weighted by atomic mass is 32.1. The Morgan fingerprint density at radius 1 is 0.316 bits per heavy atom. The summed E-state index contributed by atoms with van der Waals surface area (Å²) in [6.45, 7) is 0. The van der Waals surface area contributed by atoms with Crippen LogP contribution in [0.1, 0.15) is 0 Å². The molecule has 0 saturated carbocycles. The van der Waals surface area contributed by atoms with Crippen molar-refractivity contribution in [3.8, 4) is 0 Å². The molecule has 3 aromatic heterocycles. The fraction of sp³-hybridized carbons (Fsp3) is 0. The molecule has 0 unspecified atom stereocenters. The highest BCUT2D eigenvalue weighted by molar-refractivity contribution is 7.27. The van der Waals surface area contributed by atoms with Crippen LogP contribution in [0.5, 0.6) is 0 Å². The SMILES string of the molecule is c1ccc(N(c2ccc3oc4ccccc4c3c2)c2cc3sc4c5ccccc5ccc4c3cc2N(c2ccccc2)c2ccc3sc4ccccc4c3c2)cc1. The minimum Gasteiger partial charge on any atom is -0.456 e. The molecule has 3 nitrogen and oxygen atoms in total. The van der Waals surface area contributed by atoms with E-state index in [1.165, 1.54) is 51.1 Å². The molecule has 0 aliphatic rings. The summed E-state index contributed by atoms with van der Waals surface area (Å²) >= 11 is 3.73. The Balaban J connectivity index is 1.20. The van der Waals surface area contributed by atoms with Crippen molar-refractivity contribution >= 4 is 130 Å². The number of rotatable bonds is 6. The second-order valence-electron chi connectivity index (χ2n) is 14.5. The quantitative estimate of drug-likeness (QED) is 0.168. The first-order valence-corrected chi connectivity index (χ1v) is 20.8. The van der Waals surface area contributed by atoms with E-state index in [1.807, 2.05) is 34.8 Å². The summed E-state index contributed by atoms with van der Waals surface area (Å²) in [4.78, 5) is 4.87. The lowest BCUT2D eigenvalue weighted by Crippen LogP contribution is -2.17. The van der Waals surface area contributed by atoms with Crippen LogP contribution < -0.4 is 9.80 Å². The summed E-state index contributed by atoms with van der Waals surface area (Å²) in [6, 6.07) is 70.4. The van der Waals surface area contributed by atoms with Crippen molar-refractivity contribution in [2.45, 2.75) is 0 Å². The van der Waals surface area contributed by atoms with Gasteiger partial charge in [-0.3, -0.25) is 0 Å². The zero-order chi connectivity index (χ0) is 37.5. The molecule has 268 valence electrons. The van der Waals surface area contributed by atoms with Crippen LogP contribution in [0.15, 0.2) is 199 Å². The second-order valence-corrected chi connectivity index (χ2v) is 16.6. The molecule has 0 atom stereocenters. The molecule has 57 heavy (non-hydrogen) atoms. The van der Waals surface area contributed by atoms with Crippen LogP contribution in [0.3, 0.4) is 0 Å². The third kappa shape index (κ3) is 5.17. The standard InChI is InChI=1S/C52H32N2OS2/c1-3-14-34(15-4-1)53(37-25-28-50-43(30-37)40-20-10-12-22-49(40)56-50)45-31-44-41-26-23-33-13-7-8-18-38(33)52(41)57-51(44)32-46(45)54(35-16-5-2-6-17-35)36-24-27-48-42(29-36)39-19-9-11-21-47(39)55-48/h1-32H. The zero-order valence-corrected chi connectivity index (χ0v) is 32.2. The number of nitrogens with zero attached hydrogens (tertiary/aromatic N) is 2. The zero-order valence-electron chi connectivity index (χ0n) is 30.6. The van der Waals surface area contributed by atoms with Gasteiger partial charge in [0.2, 0.25) is 0 Å². The van der Waals surface area contributed by atoms with Crippen molar-refractivity contribution < 1.29 is 4.42 Å². The minimum atomic E-state index is 0.877. The number of hydrogen-bond donors (Lipinski definition) is 0. The number of anilines is 6. The van der Waals surface area contributed by atoms with E-state index >= 15 is 0 Å². The molecule has 12 rings (SSSR count). The van der Waals surface area contributed by atoms with Gasteiger partial charge in [-0.15, -0.1) is 22.7 Å². The Labute approximate surface area is 336 Å². The maximum Gasteiger partial charge on any atom is 0.135 e. The first-order chi connectivity index (χ1) is 28.2. The number of thiophene rings is 2. The Bertz CT molecular complexity index is 3490. The molecule has 0 fully saturated rings. The number of benzene rings is 9. The average Bonchev–Trinajstić information content (AvgIpc) is 3.95. The normalized spacial score (nSPS) is 11.9. The van der Waals surface area contributed by atoms with E-state index in [0.717, 1.165) is 56.1 Å². The topological polar surface area (TPSA) is 19.6 Å². The van der Waals surface area contributed by atoms with Crippen LogP contribution in [-0.2, 0) is 0 Å². The molecule has 0 aliphatic heterocycles. The number of fused-ring (bicyclic) bond motifs is 11. The summed E-state index contributed by atoms with van der Waals surface area (Å²) in [5.74, 6) is 0. The summed E-state index contributed by atoms with van der Waals surface area (Å²) < 4.78 is 11.5. The predicted octanol–water partition coefficient (Wildman–Crippen LogP) is 16.4. The van der Waals surface area contributed by atoms with E-state index in [4.69, 9.17) is 4.42 Å². The summed E-state index contributed by atoms with van der Waals surface area (Å²) in [6.07, 6.45) is 0. The van der Waals surface area contributed by atoms with Gasteiger partial charge in [0.15, 0.2) is 0 Å². The number of furan rings is 1. The van der Waals surface area contributed by atoms with Gasteiger partial charge >= 0.3 is 0 Å². The Hall–Kier alpha value is -6.92. The van der Waals surface area contributed by atoms with Crippen molar-refractivity contribution in [3.05, 3.63) is 194 Å². The van der Waals surface area contributed by atoms with Crippen LogP contribution in [0.25, 0.3) is 73.1 Å². The van der Waals surface area contributed by atoms with Gasteiger partial charge in [0.1, 0.15) is 11.2 Å². The molecule has 12 aromatic rings. The molecule has 0 saturated heterocycles. The van der Waals surface area contributed by atoms with Gasteiger partial charge in [-0.25, -0.2) is 0 Å². The molecular weight excluding hydrogens is 733 g/mol. The van der Waals surface area contributed by atoms with E-state index in [2.05, 4.69) is 192 Å². The van der Waals surface area contributed by atoms with Crippen molar-refractivity contribution in [1.82, 2.24) is 0 Å². The Kier molecular flexibility index (Phi) is 7.27. The Morgan fingerprint density at radius 2 is 0.895 bits per heavy atom. The van der Waals surface area contributed by atoms with Gasteiger partial charge in [0, 0.05) is 73.9 Å². The van der Waals surface area contributed by atoms with Gasteiger partial charge in [-0.2, -0.15) is 0 Å². The van der Waals surface area contributed by atoms with Gasteiger partial charge < -0.3 is 14.2 Å². The first kappa shape index (κ1) is 32.3. The molecule has 9 aromatic carbocycles. The largest absolute Gasteiger partial charge is 0.456 e. The lowest BCUT2D eigenvalue weighted by Gasteiger charge is -2.33. The van der Waals surface area contributed by atoms with Crippen molar-refractivity contribution in [1.29, 1.82) is 0 Å². The lowest BCUT2D eigenvalue weighted by atomic mass is 10.0. The molecule has 0 N–H and O–H groups in total. The average molecular weight is 765 g/mol. The molecule has 0 aliphatic carbocycles. The minimum absolute atomic E-state index is 0.877. The molecule has 3 heterocycles. The molecule has 0 amide bonds. The van der Waals surface area contributed by atoms with E-state index in [1.54, 1.807) is 0 Å². The maximum absolute atomic E-state index is 6.34.